The molecule has 1 unspecified atom stereocenters. The van der Waals surface area contributed by atoms with Gasteiger partial charge in [0.2, 0.25) is 0 Å². The maximum atomic E-state index is 12.7. The van der Waals surface area contributed by atoms with Crippen LogP contribution in [0.25, 0.3) is 0 Å². The summed E-state index contributed by atoms with van der Waals surface area (Å²) in [5, 5.41) is 0. The standard InChI is InChI=1S/C59H92O6/c1-4-7-10-13-16-19-22-25-26-27-28-29-30-31-32-35-37-40-43-46-49-52-58(61)64-55-56(65-59(62)53-50-47-44-41-38-34-24-21-18-15-12-9-6-3)54-63-57(60)51-48-45-42-39-36-33-23-20-17-14-11-8-5-2/h8-9,11-12,17-18,20-22,25,27-28,30-31,33-34,36,38,42,44-45,47,56H,4-7,10,13-16,19,23-24,26,29,32,35,37,39-41,43,46,48-55H2,1-3H3/b11-8-,12-9-,20-17-,21-18-,25-22-,28-27-,31-30-,36-33-,38-34-,45-42-,47-44-. The summed E-state index contributed by atoms with van der Waals surface area (Å²) in [5.41, 5.74) is 0. The highest BCUT2D eigenvalue weighted by atomic mass is 16.6. The molecule has 0 spiro atoms. The first-order valence-electron chi connectivity index (χ1n) is 25.7. The first-order valence-corrected chi connectivity index (χ1v) is 25.7. The monoisotopic (exact) mass is 897 g/mol. The average molecular weight is 897 g/mol. The van der Waals surface area contributed by atoms with Gasteiger partial charge in [-0.25, -0.2) is 0 Å². The van der Waals surface area contributed by atoms with E-state index in [4.69, 9.17) is 14.2 Å². The predicted molar refractivity (Wildman–Crippen MR) is 279 cm³/mol. The molecule has 0 fully saturated rings. The molecule has 0 saturated carbocycles. The van der Waals surface area contributed by atoms with Gasteiger partial charge in [-0.1, -0.05) is 206 Å². The summed E-state index contributed by atoms with van der Waals surface area (Å²) in [6, 6.07) is 0. The number of unbranched alkanes of at least 4 members (excludes halogenated alkanes) is 11. The minimum absolute atomic E-state index is 0.141. The van der Waals surface area contributed by atoms with Crippen molar-refractivity contribution in [1.82, 2.24) is 0 Å². The second kappa shape index (κ2) is 52.2. The highest BCUT2D eigenvalue weighted by Gasteiger charge is 2.19. The number of carbonyl (C=O) groups is 3. The topological polar surface area (TPSA) is 78.9 Å². The Morgan fingerprint density at radius 3 is 1.03 bits per heavy atom. The van der Waals surface area contributed by atoms with E-state index in [1.165, 1.54) is 51.4 Å². The summed E-state index contributed by atoms with van der Waals surface area (Å²) in [6.07, 6.45) is 73.3. The number of hydrogen-bond donors (Lipinski definition) is 0. The third kappa shape index (κ3) is 50.4. The Kier molecular flexibility index (Phi) is 48.6. The van der Waals surface area contributed by atoms with Crippen molar-refractivity contribution in [2.24, 2.45) is 0 Å². The average Bonchev–Trinajstić information content (AvgIpc) is 3.30. The van der Waals surface area contributed by atoms with Gasteiger partial charge in [0.15, 0.2) is 6.10 Å². The van der Waals surface area contributed by atoms with Crippen LogP contribution in [0.3, 0.4) is 0 Å². The summed E-state index contributed by atoms with van der Waals surface area (Å²) in [4.78, 5) is 37.9. The molecule has 0 bridgehead atoms. The number of carbonyl (C=O) groups excluding carboxylic acids is 3. The van der Waals surface area contributed by atoms with Crippen molar-refractivity contribution in [3.05, 3.63) is 134 Å². The van der Waals surface area contributed by atoms with Crippen molar-refractivity contribution in [2.75, 3.05) is 13.2 Å². The molecule has 0 radical (unpaired) electrons. The van der Waals surface area contributed by atoms with Crippen molar-refractivity contribution in [3.63, 3.8) is 0 Å². The summed E-state index contributed by atoms with van der Waals surface area (Å²) >= 11 is 0. The Balaban J connectivity index is 4.53. The van der Waals surface area contributed by atoms with E-state index < -0.39 is 12.1 Å². The lowest BCUT2D eigenvalue weighted by molar-refractivity contribution is -0.166. The Hall–Kier alpha value is -4.45. The van der Waals surface area contributed by atoms with Gasteiger partial charge in [-0.2, -0.15) is 0 Å². The van der Waals surface area contributed by atoms with Crippen LogP contribution >= 0.6 is 0 Å². The van der Waals surface area contributed by atoms with E-state index in [0.29, 0.717) is 19.3 Å². The molecule has 6 nitrogen and oxygen atoms in total. The molecule has 65 heavy (non-hydrogen) atoms. The molecule has 364 valence electrons. The number of ether oxygens (including phenoxy) is 3. The molecule has 0 heterocycles. The molecular formula is C59H92O6. The van der Waals surface area contributed by atoms with Crippen LogP contribution in [-0.4, -0.2) is 37.2 Å². The van der Waals surface area contributed by atoms with Crippen LogP contribution in [0.2, 0.25) is 0 Å². The predicted octanol–water partition coefficient (Wildman–Crippen LogP) is 17.1. The molecule has 0 aromatic carbocycles. The normalized spacial score (nSPS) is 13.2. The molecular weight excluding hydrogens is 805 g/mol. The fraction of sp³-hybridized carbons (Fsp3) is 0.576. The molecule has 0 saturated heterocycles. The molecule has 0 N–H and O–H groups in total. The molecule has 0 aliphatic heterocycles. The SMILES string of the molecule is CC/C=C\C/C=C\C/C=C\C/C=C\CCC(=O)OCC(COC(=O)CCCCCCCC/C=C\C/C=C\C/C=C\CCCCCCC)OC(=O)CC/C=C\C/C=C\C/C=C\C/C=C\CC. The fourth-order valence-corrected chi connectivity index (χ4v) is 6.36. The number of hydrogen-bond acceptors (Lipinski definition) is 6. The van der Waals surface area contributed by atoms with E-state index in [2.05, 4.69) is 130 Å². The fourth-order valence-electron chi connectivity index (χ4n) is 6.36. The van der Waals surface area contributed by atoms with Crippen molar-refractivity contribution in [1.29, 1.82) is 0 Å². The van der Waals surface area contributed by atoms with Crippen molar-refractivity contribution < 1.29 is 28.6 Å². The van der Waals surface area contributed by atoms with Crippen LogP contribution in [-0.2, 0) is 28.6 Å². The molecule has 0 rings (SSSR count). The number of rotatable bonds is 44. The van der Waals surface area contributed by atoms with Gasteiger partial charge in [-0.05, 0) is 109 Å². The largest absolute Gasteiger partial charge is 0.462 e. The molecule has 6 heteroatoms. The maximum absolute atomic E-state index is 12.7. The molecule has 0 aromatic heterocycles. The lowest BCUT2D eigenvalue weighted by Crippen LogP contribution is -2.30. The Morgan fingerprint density at radius 2 is 0.631 bits per heavy atom. The molecule has 0 amide bonds. The second-order valence-electron chi connectivity index (χ2n) is 16.3. The van der Waals surface area contributed by atoms with Gasteiger partial charge in [-0.15, -0.1) is 0 Å². The second-order valence-corrected chi connectivity index (χ2v) is 16.3. The molecule has 1 atom stereocenters. The molecule has 0 aromatic rings. The van der Waals surface area contributed by atoms with E-state index in [1.807, 2.05) is 24.3 Å². The number of esters is 3. The summed E-state index contributed by atoms with van der Waals surface area (Å²) < 4.78 is 16.6. The third-order valence-corrected chi connectivity index (χ3v) is 10.1. The smallest absolute Gasteiger partial charge is 0.306 e. The Labute approximate surface area is 398 Å². The summed E-state index contributed by atoms with van der Waals surface area (Å²) in [5.74, 6) is -1.13. The van der Waals surface area contributed by atoms with Gasteiger partial charge in [0.05, 0.1) is 0 Å². The van der Waals surface area contributed by atoms with E-state index in [0.717, 1.165) is 96.3 Å². The zero-order valence-corrected chi connectivity index (χ0v) is 41.4. The minimum atomic E-state index is -0.854. The molecule has 0 aliphatic rings. The van der Waals surface area contributed by atoms with Crippen molar-refractivity contribution >= 4 is 17.9 Å². The minimum Gasteiger partial charge on any atom is -0.462 e. The lowest BCUT2D eigenvalue weighted by Gasteiger charge is -2.18. The first-order chi connectivity index (χ1) is 32.0. The zero-order valence-electron chi connectivity index (χ0n) is 41.4. The van der Waals surface area contributed by atoms with E-state index in [9.17, 15) is 14.4 Å². The highest BCUT2D eigenvalue weighted by molar-refractivity contribution is 5.71. The highest BCUT2D eigenvalue weighted by Crippen LogP contribution is 2.11. The zero-order chi connectivity index (χ0) is 47.2. The summed E-state index contributed by atoms with van der Waals surface area (Å²) in [7, 11) is 0. The van der Waals surface area contributed by atoms with Crippen LogP contribution < -0.4 is 0 Å². The number of allylic oxidation sites excluding steroid dienone is 22. The van der Waals surface area contributed by atoms with Gasteiger partial charge in [0.1, 0.15) is 13.2 Å². The van der Waals surface area contributed by atoms with E-state index in [-0.39, 0.29) is 38.0 Å². The lowest BCUT2D eigenvalue weighted by atomic mass is 10.1. The maximum Gasteiger partial charge on any atom is 0.306 e. The van der Waals surface area contributed by atoms with Gasteiger partial charge in [0, 0.05) is 19.3 Å². The van der Waals surface area contributed by atoms with E-state index in [1.54, 1.807) is 0 Å². The van der Waals surface area contributed by atoms with Gasteiger partial charge >= 0.3 is 17.9 Å². The van der Waals surface area contributed by atoms with Gasteiger partial charge < -0.3 is 14.2 Å². The van der Waals surface area contributed by atoms with Gasteiger partial charge in [0.25, 0.3) is 0 Å². The van der Waals surface area contributed by atoms with E-state index >= 15 is 0 Å². The Bertz CT molecular complexity index is 1450. The van der Waals surface area contributed by atoms with Crippen LogP contribution in [0.4, 0.5) is 0 Å². The van der Waals surface area contributed by atoms with Crippen molar-refractivity contribution in [2.45, 2.75) is 207 Å². The molecule has 0 aliphatic carbocycles. The third-order valence-electron chi connectivity index (χ3n) is 10.1. The first kappa shape index (κ1) is 60.5. The summed E-state index contributed by atoms with van der Waals surface area (Å²) in [6.45, 7) is 6.23. The Morgan fingerprint density at radius 1 is 0.323 bits per heavy atom. The van der Waals surface area contributed by atoms with Crippen LogP contribution in [0.5, 0.6) is 0 Å². The van der Waals surface area contributed by atoms with Crippen LogP contribution in [0.1, 0.15) is 201 Å². The van der Waals surface area contributed by atoms with Crippen molar-refractivity contribution in [3.8, 4) is 0 Å². The van der Waals surface area contributed by atoms with Crippen LogP contribution in [0, 0.1) is 0 Å². The van der Waals surface area contributed by atoms with Crippen LogP contribution in [0.15, 0.2) is 134 Å². The quantitative estimate of drug-likeness (QED) is 0.0262. The van der Waals surface area contributed by atoms with Gasteiger partial charge in [-0.3, -0.25) is 14.4 Å².